The normalized spacial score (nSPS) is 17.6. The summed E-state index contributed by atoms with van der Waals surface area (Å²) in [5, 5.41) is 0. The number of rotatable bonds is 3. The number of hydrogen-bond acceptors (Lipinski definition) is 5. The first-order valence-corrected chi connectivity index (χ1v) is 6.53. The number of nitrogen functional groups attached to an aromatic ring is 1. The standard InChI is InChI=1S/C13H23N5/c1-8(13(2,3)4)18(5)12-16-10(9-6-7-9)15-11(14)17-12/h8-9H,6-7H2,1-5H3,(H2,14,15,16,17). The zero-order valence-corrected chi connectivity index (χ0v) is 11.9. The summed E-state index contributed by atoms with van der Waals surface area (Å²) in [6.45, 7) is 8.80. The average molecular weight is 249 g/mol. The molecule has 0 aromatic carbocycles. The molecule has 1 aliphatic carbocycles. The van der Waals surface area contributed by atoms with Crippen molar-refractivity contribution in [3.05, 3.63) is 5.82 Å². The Labute approximate surface area is 109 Å². The van der Waals surface area contributed by atoms with Crippen molar-refractivity contribution in [1.82, 2.24) is 15.0 Å². The molecule has 0 spiro atoms. The summed E-state index contributed by atoms with van der Waals surface area (Å²) in [5.41, 5.74) is 5.95. The van der Waals surface area contributed by atoms with Crippen LogP contribution in [0.25, 0.3) is 0 Å². The third-order valence-electron chi connectivity index (χ3n) is 3.75. The summed E-state index contributed by atoms with van der Waals surface area (Å²) in [4.78, 5) is 15.1. The van der Waals surface area contributed by atoms with E-state index < -0.39 is 0 Å². The predicted molar refractivity (Wildman–Crippen MR) is 73.5 cm³/mol. The molecule has 1 atom stereocenters. The van der Waals surface area contributed by atoms with Crippen molar-refractivity contribution in [2.75, 3.05) is 17.7 Å². The smallest absolute Gasteiger partial charge is 0.230 e. The predicted octanol–water partition coefficient (Wildman–Crippen LogP) is 2.20. The maximum Gasteiger partial charge on any atom is 0.230 e. The minimum atomic E-state index is 0.163. The van der Waals surface area contributed by atoms with Crippen molar-refractivity contribution in [3.63, 3.8) is 0 Å². The Bertz CT molecular complexity index is 433. The van der Waals surface area contributed by atoms with E-state index in [4.69, 9.17) is 5.73 Å². The molecule has 0 bridgehead atoms. The SMILES string of the molecule is CC(N(C)c1nc(N)nc(C2CC2)n1)C(C)(C)C. The largest absolute Gasteiger partial charge is 0.368 e. The van der Waals surface area contributed by atoms with Gasteiger partial charge in [0.1, 0.15) is 5.82 Å². The van der Waals surface area contributed by atoms with Gasteiger partial charge in [0.05, 0.1) is 0 Å². The summed E-state index contributed by atoms with van der Waals surface area (Å²) >= 11 is 0. The summed E-state index contributed by atoms with van der Waals surface area (Å²) in [7, 11) is 2.02. The Balaban J connectivity index is 2.26. The first kappa shape index (κ1) is 13.1. The monoisotopic (exact) mass is 249 g/mol. The van der Waals surface area contributed by atoms with E-state index >= 15 is 0 Å². The summed E-state index contributed by atoms with van der Waals surface area (Å²) in [6, 6.07) is 0.325. The third kappa shape index (κ3) is 2.71. The highest BCUT2D eigenvalue weighted by Crippen LogP contribution is 2.38. The Kier molecular flexibility index (Phi) is 3.17. The van der Waals surface area contributed by atoms with Gasteiger partial charge in [-0.1, -0.05) is 20.8 Å². The fourth-order valence-corrected chi connectivity index (χ4v) is 1.83. The van der Waals surface area contributed by atoms with Crippen molar-refractivity contribution >= 4 is 11.9 Å². The molecule has 5 nitrogen and oxygen atoms in total. The van der Waals surface area contributed by atoms with Crippen LogP contribution in [0.3, 0.4) is 0 Å². The molecule has 0 aliphatic heterocycles. The van der Waals surface area contributed by atoms with Gasteiger partial charge in [-0.2, -0.15) is 15.0 Å². The van der Waals surface area contributed by atoms with Gasteiger partial charge in [0.25, 0.3) is 0 Å². The Hall–Kier alpha value is -1.39. The van der Waals surface area contributed by atoms with Crippen molar-refractivity contribution in [1.29, 1.82) is 0 Å². The first-order valence-electron chi connectivity index (χ1n) is 6.53. The molecule has 1 saturated carbocycles. The van der Waals surface area contributed by atoms with Crippen LogP contribution in [0.5, 0.6) is 0 Å². The van der Waals surface area contributed by atoms with E-state index in [1.54, 1.807) is 0 Å². The number of aromatic nitrogens is 3. The van der Waals surface area contributed by atoms with Crippen LogP contribution in [-0.4, -0.2) is 28.0 Å². The van der Waals surface area contributed by atoms with Crippen LogP contribution in [0.4, 0.5) is 11.9 Å². The van der Waals surface area contributed by atoms with Crippen LogP contribution >= 0.6 is 0 Å². The van der Waals surface area contributed by atoms with Crippen molar-refractivity contribution < 1.29 is 0 Å². The molecule has 1 unspecified atom stereocenters. The fraction of sp³-hybridized carbons (Fsp3) is 0.769. The van der Waals surface area contributed by atoms with Crippen LogP contribution in [0.2, 0.25) is 0 Å². The summed E-state index contributed by atoms with van der Waals surface area (Å²) in [5.74, 6) is 2.36. The Morgan fingerprint density at radius 2 is 1.83 bits per heavy atom. The molecule has 0 amide bonds. The van der Waals surface area contributed by atoms with Crippen LogP contribution in [-0.2, 0) is 0 Å². The topological polar surface area (TPSA) is 67.9 Å². The quantitative estimate of drug-likeness (QED) is 0.889. The molecular formula is C13H23N5. The molecule has 0 radical (unpaired) electrons. The molecule has 1 aromatic rings. The molecule has 100 valence electrons. The molecule has 1 heterocycles. The second-order valence-corrected chi connectivity index (χ2v) is 6.28. The van der Waals surface area contributed by atoms with Crippen LogP contribution in [0.15, 0.2) is 0 Å². The molecule has 2 rings (SSSR count). The fourth-order valence-electron chi connectivity index (χ4n) is 1.83. The van der Waals surface area contributed by atoms with E-state index in [9.17, 15) is 0 Å². The third-order valence-corrected chi connectivity index (χ3v) is 3.75. The first-order chi connectivity index (χ1) is 8.29. The lowest BCUT2D eigenvalue weighted by atomic mass is 9.87. The van der Waals surface area contributed by atoms with Gasteiger partial charge < -0.3 is 10.6 Å². The van der Waals surface area contributed by atoms with Crippen LogP contribution in [0.1, 0.15) is 52.3 Å². The minimum absolute atomic E-state index is 0.163. The lowest BCUT2D eigenvalue weighted by molar-refractivity contribution is 0.327. The number of nitrogens with zero attached hydrogens (tertiary/aromatic N) is 4. The second-order valence-electron chi connectivity index (χ2n) is 6.28. The minimum Gasteiger partial charge on any atom is -0.368 e. The molecule has 5 heteroatoms. The average Bonchev–Trinajstić information content (AvgIpc) is 3.08. The maximum atomic E-state index is 5.78. The van der Waals surface area contributed by atoms with Gasteiger partial charge >= 0.3 is 0 Å². The molecule has 1 fully saturated rings. The van der Waals surface area contributed by atoms with Crippen LogP contribution in [0, 0.1) is 5.41 Å². The van der Waals surface area contributed by atoms with E-state index in [1.807, 2.05) is 7.05 Å². The van der Waals surface area contributed by atoms with Gasteiger partial charge in [-0.15, -0.1) is 0 Å². The van der Waals surface area contributed by atoms with E-state index in [0.717, 1.165) is 5.82 Å². The highest BCUT2D eigenvalue weighted by atomic mass is 15.3. The van der Waals surface area contributed by atoms with Gasteiger partial charge in [0.15, 0.2) is 0 Å². The summed E-state index contributed by atoms with van der Waals surface area (Å²) in [6.07, 6.45) is 2.34. The molecule has 18 heavy (non-hydrogen) atoms. The lowest BCUT2D eigenvalue weighted by Gasteiger charge is -2.35. The number of nitrogens with two attached hydrogens (primary N) is 1. The van der Waals surface area contributed by atoms with Gasteiger partial charge in [0, 0.05) is 19.0 Å². The van der Waals surface area contributed by atoms with E-state index in [2.05, 4.69) is 47.5 Å². The van der Waals surface area contributed by atoms with Gasteiger partial charge in [0.2, 0.25) is 11.9 Å². The zero-order chi connectivity index (χ0) is 13.5. The summed E-state index contributed by atoms with van der Waals surface area (Å²) < 4.78 is 0. The highest BCUT2D eigenvalue weighted by molar-refractivity contribution is 5.36. The van der Waals surface area contributed by atoms with Gasteiger partial charge in [-0.05, 0) is 25.2 Å². The number of hydrogen-bond donors (Lipinski definition) is 1. The van der Waals surface area contributed by atoms with E-state index in [1.165, 1.54) is 12.8 Å². The highest BCUT2D eigenvalue weighted by Gasteiger charge is 2.30. The Morgan fingerprint density at radius 3 is 2.33 bits per heavy atom. The van der Waals surface area contributed by atoms with Crippen molar-refractivity contribution in [2.45, 2.75) is 52.5 Å². The van der Waals surface area contributed by atoms with Gasteiger partial charge in [-0.25, -0.2) is 0 Å². The molecule has 1 aliphatic rings. The molecule has 2 N–H and O–H groups in total. The maximum absolute atomic E-state index is 5.78. The molecule has 1 aromatic heterocycles. The van der Waals surface area contributed by atoms with E-state index in [0.29, 0.717) is 23.9 Å². The van der Waals surface area contributed by atoms with Crippen molar-refractivity contribution in [3.8, 4) is 0 Å². The van der Waals surface area contributed by atoms with E-state index in [-0.39, 0.29) is 5.41 Å². The van der Waals surface area contributed by atoms with Crippen molar-refractivity contribution in [2.24, 2.45) is 5.41 Å². The zero-order valence-electron chi connectivity index (χ0n) is 11.9. The lowest BCUT2D eigenvalue weighted by Crippen LogP contribution is -2.40. The molecule has 0 saturated heterocycles. The second kappa shape index (κ2) is 4.37. The molecular weight excluding hydrogens is 226 g/mol. The van der Waals surface area contributed by atoms with Gasteiger partial charge in [-0.3, -0.25) is 0 Å². The Morgan fingerprint density at radius 1 is 1.22 bits per heavy atom. The number of anilines is 2. The van der Waals surface area contributed by atoms with Crippen LogP contribution < -0.4 is 10.6 Å².